The molecular weight excluding hydrogens is 214 g/mol. The first-order valence-corrected chi connectivity index (χ1v) is 7.08. The fourth-order valence-electron chi connectivity index (χ4n) is 3.34. The van der Waals surface area contributed by atoms with E-state index in [0.717, 1.165) is 45.4 Å². The van der Waals surface area contributed by atoms with Gasteiger partial charge in [0.1, 0.15) is 0 Å². The molecule has 0 aromatic rings. The van der Waals surface area contributed by atoms with E-state index in [1.54, 1.807) is 0 Å². The van der Waals surface area contributed by atoms with Gasteiger partial charge in [-0.25, -0.2) is 0 Å². The van der Waals surface area contributed by atoms with Crippen LogP contribution in [0.15, 0.2) is 0 Å². The van der Waals surface area contributed by atoms with Crippen LogP contribution in [0.2, 0.25) is 0 Å². The van der Waals surface area contributed by atoms with Crippen LogP contribution in [-0.2, 0) is 4.74 Å². The number of nitrogens with zero attached hydrogens (tertiary/aromatic N) is 1. The van der Waals surface area contributed by atoms with Gasteiger partial charge in [-0.05, 0) is 38.0 Å². The van der Waals surface area contributed by atoms with Crippen LogP contribution in [0.1, 0.15) is 46.5 Å². The normalized spacial score (nSPS) is 35.3. The average molecular weight is 241 g/mol. The average Bonchev–Trinajstić information content (AvgIpc) is 2.56. The third-order valence-electron chi connectivity index (χ3n) is 4.60. The predicted molar refractivity (Wildman–Crippen MR) is 69.0 cm³/mol. The summed E-state index contributed by atoms with van der Waals surface area (Å²) in [7, 11) is 0. The highest BCUT2D eigenvalue weighted by Crippen LogP contribution is 2.40. The van der Waals surface area contributed by atoms with Crippen LogP contribution in [0.25, 0.3) is 0 Å². The zero-order valence-corrected chi connectivity index (χ0v) is 11.5. The van der Waals surface area contributed by atoms with E-state index in [1.807, 2.05) is 0 Å². The summed E-state index contributed by atoms with van der Waals surface area (Å²) in [6.45, 7) is 9.43. The number of ether oxygens (including phenoxy) is 1. The maximum atomic E-state index is 10.4. The first-order chi connectivity index (χ1) is 8.04. The van der Waals surface area contributed by atoms with Crippen LogP contribution in [0.5, 0.6) is 0 Å². The topological polar surface area (TPSA) is 32.7 Å². The second-order valence-corrected chi connectivity index (χ2v) is 6.23. The number of rotatable bonds is 3. The lowest BCUT2D eigenvalue weighted by molar-refractivity contribution is -0.0283. The summed E-state index contributed by atoms with van der Waals surface area (Å²) in [6.07, 6.45) is 4.82. The molecule has 2 aliphatic rings. The summed E-state index contributed by atoms with van der Waals surface area (Å²) in [4.78, 5) is 2.48. The fourth-order valence-corrected chi connectivity index (χ4v) is 3.34. The van der Waals surface area contributed by atoms with Crippen LogP contribution in [-0.4, -0.2) is 48.0 Å². The Labute approximate surface area is 105 Å². The summed E-state index contributed by atoms with van der Waals surface area (Å²) in [6, 6.07) is 0.382. The lowest BCUT2D eigenvalue weighted by Gasteiger charge is -2.38. The Kier molecular flexibility index (Phi) is 4.11. The van der Waals surface area contributed by atoms with Crippen LogP contribution in [0.3, 0.4) is 0 Å². The Morgan fingerprint density at radius 1 is 1.24 bits per heavy atom. The Balaban J connectivity index is 1.85. The minimum Gasteiger partial charge on any atom is -0.391 e. The van der Waals surface area contributed by atoms with Gasteiger partial charge in [0.05, 0.1) is 12.2 Å². The molecule has 100 valence electrons. The highest BCUT2D eigenvalue weighted by molar-refractivity contribution is 4.97. The van der Waals surface area contributed by atoms with E-state index in [4.69, 9.17) is 4.74 Å². The van der Waals surface area contributed by atoms with E-state index >= 15 is 0 Å². The molecule has 1 aliphatic carbocycles. The van der Waals surface area contributed by atoms with Gasteiger partial charge in [-0.3, -0.25) is 4.90 Å². The maximum Gasteiger partial charge on any atom is 0.0746 e. The standard InChI is InChI=1S/C14H27NO2/c1-4-17-11-6-9-15(10-7-11)12-5-8-14(2,3)13(12)16/h11-13,16H,4-10H2,1-3H3. The van der Waals surface area contributed by atoms with E-state index in [9.17, 15) is 5.11 Å². The van der Waals surface area contributed by atoms with Crippen LogP contribution in [0, 0.1) is 5.41 Å². The van der Waals surface area contributed by atoms with Gasteiger partial charge < -0.3 is 9.84 Å². The van der Waals surface area contributed by atoms with Gasteiger partial charge in [0.2, 0.25) is 0 Å². The Morgan fingerprint density at radius 2 is 1.88 bits per heavy atom. The first kappa shape index (κ1) is 13.3. The molecule has 0 bridgehead atoms. The van der Waals surface area contributed by atoms with Crippen LogP contribution in [0.4, 0.5) is 0 Å². The quantitative estimate of drug-likeness (QED) is 0.820. The smallest absolute Gasteiger partial charge is 0.0746 e. The molecule has 0 radical (unpaired) electrons. The molecule has 3 nitrogen and oxygen atoms in total. The molecule has 17 heavy (non-hydrogen) atoms. The molecule has 0 aromatic heterocycles. The molecule has 0 aromatic carbocycles. The highest BCUT2D eigenvalue weighted by atomic mass is 16.5. The van der Waals surface area contributed by atoms with Gasteiger partial charge in [0.15, 0.2) is 0 Å². The van der Waals surface area contributed by atoms with Crippen LogP contribution >= 0.6 is 0 Å². The number of hydrogen-bond acceptors (Lipinski definition) is 3. The lowest BCUT2D eigenvalue weighted by Crippen LogP contribution is -2.48. The summed E-state index contributed by atoms with van der Waals surface area (Å²) < 4.78 is 5.67. The zero-order valence-electron chi connectivity index (χ0n) is 11.5. The van der Waals surface area contributed by atoms with Crippen molar-refractivity contribution in [2.24, 2.45) is 5.41 Å². The van der Waals surface area contributed by atoms with Crippen molar-refractivity contribution in [2.45, 2.75) is 64.7 Å². The molecule has 1 heterocycles. The largest absolute Gasteiger partial charge is 0.391 e. The third kappa shape index (κ3) is 2.83. The molecular formula is C14H27NO2. The monoisotopic (exact) mass is 241 g/mol. The van der Waals surface area contributed by atoms with Crippen molar-refractivity contribution in [1.29, 1.82) is 0 Å². The van der Waals surface area contributed by atoms with Crippen molar-refractivity contribution in [3.63, 3.8) is 0 Å². The minimum atomic E-state index is -0.161. The van der Waals surface area contributed by atoms with Gasteiger partial charge in [0.25, 0.3) is 0 Å². The Bertz CT molecular complexity index is 247. The molecule has 0 amide bonds. The summed E-state index contributed by atoms with van der Waals surface area (Å²) in [5.74, 6) is 0. The van der Waals surface area contributed by atoms with Gasteiger partial charge in [-0.1, -0.05) is 13.8 Å². The molecule has 1 saturated heterocycles. The number of likely N-dealkylation sites (tertiary alicyclic amines) is 1. The van der Waals surface area contributed by atoms with Gasteiger partial charge in [-0.15, -0.1) is 0 Å². The van der Waals surface area contributed by atoms with Crippen molar-refractivity contribution < 1.29 is 9.84 Å². The Hall–Kier alpha value is -0.120. The molecule has 1 N–H and O–H groups in total. The van der Waals surface area contributed by atoms with Gasteiger partial charge in [0, 0.05) is 25.7 Å². The zero-order chi connectivity index (χ0) is 12.5. The van der Waals surface area contributed by atoms with Crippen molar-refractivity contribution in [3.8, 4) is 0 Å². The van der Waals surface area contributed by atoms with Crippen molar-refractivity contribution in [1.82, 2.24) is 4.90 Å². The number of piperidine rings is 1. The summed E-state index contributed by atoms with van der Waals surface area (Å²) in [5, 5.41) is 10.4. The van der Waals surface area contributed by atoms with Gasteiger partial charge in [-0.2, -0.15) is 0 Å². The molecule has 1 saturated carbocycles. The second-order valence-electron chi connectivity index (χ2n) is 6.23. The summed E-state index contributed by atoms with van der Waals surface area (Å²) >= 11 is 0. The van der Waals surface area contributed by atoms with E-state index in [2.05, 4.69) is 25.7 Å². The minimum absolute atomic E-state index is 0.0986. The maximum absolute atomic E-state index is 10.4. The van der Waals surface area contributed by atoms with E-state index < -0.39 is 0 Å². The fraction of sp³-hybridized carbons (Fsp3) is 1.00. The molecule has 1 aliphatic heterocycles. The van der Waals surface area contributed by atoms with E-state index in [0.29, 0.717) is 12.1 Å². The number of hydrogen-bond donors (Lipinski definition) is 1. The highest BCUT2D eigenvalue weighted by Gasteiger charge is 2.43. The Morgan fingerprint density at radius 3 is 2.35 bits per heavy atom. The summed E-state index contributed by atoms with van der Waals surface area (Å²) in [5.41, 5.74) is 0.0986. The third-order valence-corrected chi connectivity index (χ3v) is 4.60. The number of aliphatic hydroxyl groups excluding tert-OH is 1. The molecule has 0 spiro atoms. The van der Waals surface area contributed by atoms with Crippen molar-refractivity contribution in [3.05, 3.63) is 0 Å². The van der Waals surface area contributed by atoms with Crippen molar-refractivity contribution >= 4 is 0 Å². The van der Waals surface area contributed by atoms with E-state index in [1.165, 1.54) is 0 Å². The SMILES string of the molecule is CCOC1CCN(C2CCC(C)(C)C2O)CC1. The number of aliphatic hydroxyl groups is 1. The predicted octanol–water partition coefficient (Wildman–Crippen LogP) is 2.04. The molecule has 2 fully saturated rings. The molecule has 2 atom stereocenters. The van der Waals surface area contributed by atoms with E-state index in [-0.39, 0.29) is 11.5 Å². The van der Waals surface area contributed by atoms with Gasteiger partial charge >= 0.3 is 0 Å². The lowest BCUT2D eigenvalue weighted by atomic mass is 9.88. The first-order valence-electron chi connectivity index (χ1n) is 7.08. The van der Waals surface area contributed by atoms with Crippen LogP contribution < -0.4 is 0 Å². The second kappa shape index (κ2) is 5.25. The van der Waals surface area contributed by atoms with Crippen molar-refractivity contribution in [2.75, 3.05) is 19.7 Å². The molecule has 2 rings (SSSR count). The molecule has 3 heteroatoms. The molecule has 2 unspecified atom stereocenters.